The molecule has 0 spiro atoms. The minimum atomic E-state index is -1.02. The number of carboxylic acids is 1. The van der Waals surface area contributed by atoms with Crippen molar-refractivity contribution in [3.05, 3.63) is 50.6 Å². The number of carbonyl (C=O) groups is 1. The second-order valence-corrected chi connectivity index (χ2v) is 5.64. The SMILES string of the molecule is Cc1c(C#N)sc2nc(-c3ccc(C(=O)O)cc3)[nH]c(=O)c12. The van der Waals surface area contributed by atoms with Gasteiger partial charge in [-0.15, -0.1) is 11.3 Å². The molecule has 3 rings (SSSR count). The number of benzene rings is 1. The lowest BCUT2D eigenvalue weighted by molar-refractivity contribution is 0.0697. The van der Waals surface area contributed by atoms with Gasteiger partial charge in [-0.3, -0.25) is 4.79 Å². The van der Waals surface area contributed by atoms with Crippen molar-refractivity contribution in [3.63, 3.8) is 0 Å². The average Bonchev–Trinajstić information content (AvgIpc) is 2.84. The zero-order valence-corrected chi connectivity index (χ0v) is 12.2. The average molecular weight is 311 g/mol. The van der Waals surface area contributed by atoms with Gasteiger partial charge >= 0.3 is 5.97 Å². The number of aromatic nitrogens is 2. The first-order valence-corrected chi connectivity index (χ1v) is 7.10. The van der Waals surface area contributed by atoms with Crippen LogP contribution in [0.4, 0.5) is 0 Å². The largest absolute Gasteiger partial charge is 0.478 e. The van der Waals surface area contributed by atoms with Gasteiger partial charge in [0.15, 0.2) is 0 Å². The summed E-state index contributed by atoms with van der Waals surface area (Å²) in [6, 6.07) is 8.11. The second-order valence-electron chi connectivity index (χ2n) is 4.65. The van der Waals surface area contributed by atoms with Crippen molar-refractivity contribution in [2.75, 3.05) is 0 Å². The Labute approximate surface area is 128 Å². The number of aromatic carboxylic acids is 1. The van der Waals surface area contributed by atoms with E-state index < -0.39 is 5.97 Å². The molecular formula is C15H9N3O3S. The first-order valence-electron chi connectivity index (χ1n) is 6.28. The normalized spacial score (nSPS) is 10.5. The minimum absolute atomic E-state index is 0.158. The quantitative estimate of drug-likeness (QED) is 0.756. The molecule has 7 heteroatoms. The van der Waals surface area contributed by atoms with Crippen molar-refractivity contribution >= 4 is 27.5 Å². The van der Waals surface area contributed by atoms with E-state index in [1.165, 1.54) is 23.5 Å². The van der Waals surface area contributed by atoms with E-state index in [0.717, 1.165) is 0 Å². The van der Waals surface area contributed by atoms with Gasteiger partial charge in [-0.2, -0.15) is 5.26 Å². The van der Waals surface area contributed by atoms with Gasteiger partial charge in [-0.25, -0.2) is 9.78 Å². The van der Waals surface area contributed by atoms with Gasteiger partial charge < -0.3 is 10.1 Å². The number of H-pyrrole nitrogens is 1. The molecule has 0 saturated carbocycles. The lowest BCUT2D eigenvalue weighted by atomic mass is 10.1. The van der Waals surface area contributed by atoms with Crippen LogP contribution in [-0.4, -0.2) is 21.0 Å². The number of aryl methyl sites for hydroxylation is 1. The molecule has 6 nitrogen and oxygen atoms in total. The van der Waals surface area contributed by atoms with Crippen LogP contribution in [0, 0.1) is 18.3 Å². The first-order chi connectivity index (χ1) is 10.5. The molecule has 0 aliphatic carbocycles. The number of fused-ring (bicyclic) bond motifs is 1. The molecule has 0 unspecified atom stereocenters. The van der Waals surface area contributed by atoms with Crippen LogP contribution in [0.2, 0.25) is 0 Å². The predicted molar refractivity (Wildman–Crippen MR) is 82.1 cm³/mol. The smallest absolute Gasteiger partial charge is 0.335 e. The molecule has 3 aromatic rings. The van der Waals surface area contributed by atoms with Crippen LogP contribution in [0.3, 0.4) is 0 Å². The van der Waals surface area contributed by atoms with Gasteiger partial charge in [-0.05, 0) is 24.6 Å². The van der Waals surface area contributed by atoms with Crippen molar-refractivity contribution < 1.29 is 9.90 Å². The number of aromatic amines is 1. The lowest BCUT2D eigenvalue weighted by Crippen LogP contribution is -2.09. The molecule has 0 fully saturated rings. The Hall–Kier alpha value is -2.98. The van der Waals surface area contributed by atoms with Crippen LogP contribution in [0.25, 0.3) is 21.6 Å². The molecule has 0 amide bonds. The van der Waals surface area contributed by atoms with E-state index in [9.17, 15) is 9.59 Å². The van der Waals surface area contributed by atoms with Gasteiger partial charge in [0.25, 0.3) is 5.56 Å². The predicted octanol–water partition coefficient (Wildman–Crippen LogP) is 2.53. The Morgan fingerprint density at radius 3 is 2.64 bits per heavy atom. The molecule has 0 bridgehead atoms. The topological polar surface area (TPSA) is 107 Å². The van der Waals surface area contributed by atoms with E-state index >= 15 is 0 Å². The highest BCUT2D eigenvalue weighted by Gasteiger charge is 2.14. The highest BCUT2D eigenvalue weighted by atomic mass is 32.1. The monoisotopic (exact) mass is 311 g/mol. The fraction of sp³-hybridized carbons (Fsp3) is 0.0667. The molecule has 22 heavy (non-hydrogen) atoms. The van der Waals surface area contributed by atoms with Crippen molar-refractivity contribution in [1.29, 1.82) is 5.26 Å². The molecule has 108 valence electrons. The molecule has 0 aliphatic heterocycles. The van der Waals surface area contributed by atoms with Gasteiger partial charge in [0.2, 0.25) is 0 Å². The standard InChI is InChI=1S/C15H9N3O3S/c1-7-10(6-16)22-14-11(7)13(19)17-12(18-14)8-2-4-9(5-3-8)15(20)21/h2-5H,1H3,(H,20,21)(H,17,18,19). The van der Waals surface area contributed by atoms with Crippen LogP contribution < -0.4 is 5.56 Å². The number of hydrogen-bond acceptors (Lipinski definition) is 5. The minimum Gasteiger partial charge on any atom is -0.478 e. The summed E-state index contributed by atoms with van der Waals surface area (Å²) in [4.78, 5) is 31.1. The number of hydrogen-bond donors (Lipinski definition) is 2. The lowest BCUT2D eigenvalue weighted by Gasteiger charge is -2.02. The van der Waals surface area contributed by atoms with Crippen LogP contribution in [0.5, 0.6) is 0 Å². The molecule has 1 aromatic carbocycles. The third kappa shape index (κ3) is 2.16. The molecular weight excluding hydrogens is 302 g/mol. The molecule has 0 atom stereocenters. The van der Waals surface area contributed by atoms with E-state index in [1.54, 1.807) is 19.1 Å². The summed E-state index contributed by atoms with van der Waals surface area (Å²) >= 11 is 1.17. The summed E-state index contributed by atoms with van der Waals surface area (Å²) in [6.07, 6.45) is 0. The van der Waals surface area contributed by atoms with Crippen molar-refractivity contribution in [2.45, 2.75) is 6.92 Å². The number of nitrogens with one attached hydrogen (secondary N) is 1. The van der Waals surface area contributed by atoms with E-state index in [2.05, 4.69) is 16.0 Å². The summed E-state index contributed by atoms with van der Waals surface area (Å²) in [5, 5.41) is 18.4. The van der Waals surface area contributed by atoms with Crippen molar-refractivity contribution in [3.8, 4) is 17.5 Å². The van der Waals surface area contributed by atoms with Gasteiger partial charge in [0.1, 0.15) is 21.6 Å². The number of nitriles is 1. The Morgan fingerprint density at radius 2 is 2.05 bits per heavy atom. The zero-order valence-electron chi connectivity index (χ0n) is 11.4. The number of thiophene rings is 1. The molecule has 0 aliphatic rings. The Balaban J connectivity index is 2.18. The van der Waals surface area contributed by atoms with Gasteiger partial charge in [-0.1, -0.05) is 12.1 Å². The molecule has 2 heterocycles. The van der Waals surface area contributed by atoms with E-state index in [-0.39, 0.29) is 11.1 Å². The van der Waals surface area contributed by atoms with E-state index in [0.29, 0.717) is 32.0 Å². The summed E-state index contributed by atoms with van der Waals surface area (Å²) in [7, 11) is 0. The van der Waals surface area contributed by atoms with E-state index in [4.69, 9.17) is 10.4 Å². The molecule has 2 aromatic heterocycles. The second kappa shape index (κ2) is 5.09. The van der Waals surface area contributed by atoms with Crippen LogP contribution >= 0.6 is 11.3 Å². The third-order valence-electron chi connectivity index (χ3n) is 3.31. The van der Waals surface area contributed by atoms with E-state index in [1.807, 2.05) is 0 Å². The Kier molecular flexibility index (Phi) is 3.23. The molecule has 0 radical (unpaired) electrons. The van der Waals surface area contributed by atoms with Gasteiger partial charge in [0.05, 0.1) is 10.9 Å². The number of rotatable bonds is 2. The number of nitrogens with zero attached hydrogens (tertiary/aromatic N) is 2. The summed E-state index contributed by atoms with van der Waals surface area (Å²) in [5.41, 5.74) is 1.08. The number of carboxylic acid groups (broad SMARTS) is 1. The van der Waals surface area contributed by atoms with Crippen LogP contribution in [0.15, 0.2) is 29.1 Å². The maximum absolute atomic E-state index is 12.2. The summed E-state index contributed by atoms with van der Waals surface area (Å²) < 4.78 is 0. The highest BCUT2D eigenvalue weighted by Crippen LogP contribution is 2.27. The first kappa shape index (κ1) is 14.0. The molecule has 2 N–H and O–H groups in total. The van der Waals surface area contributed by atoms with Crippen molar-refractivity contribution in [1.82, 2.24) is 9.97 Å². The van der Waals surface area contributed by atoms with Gasteiger partial charge in [0, 0.05) is 5.56 Å². The van der Waals surface area contributed by atoms with Crippen molar-refractivity contribution in [2.24, 2.45) is 0 Å². The van der Waals surface area contributed by atoms with Crippen LogP contribution in [-0.2, 0) is 0 Å². The summed E-state index contributed by atoms with van der Waals surface area (Å²) in [6.45, 7) is 1.72. The third-order valence-corrected chi connectivity index (χ3v) is 4.40. The summed E-state index contributed by atoms with van der Waals surface area (Å²) in [5.74, 6) is -0.670. The Morgan fingerprint density at radius 1 is 1.36 bits per heavy atom. The van der Waals surface area contributed by atoms with Crippen LogP contribution in [0.1, 0.15) is 20.8 Å². The molecule has 0 saturated heterocycles. The maximum atomic E-state index is 12.2. The highest BCUT2D eigenvalue weighted by molar-refractivity contribution is 7.19. The zero-order chi connectivity index (χ0) is 15.9. The fourth-order valence-electron chi connectivity index (χ4n) is 2.16. The Bertz CT molecular complexity index is 994. The maximum Gasteiger partial charge on any atom is 0.335 e. The fourth-order valence-corrected chi connectivity index (χ4v) is 3.14.